The fourth-order valence-electron chi connectivity index (χ4n) is 1.78. The van der Waals surface area contributed by atoms with E-state index in [0.717, 1.165) is 11.3 Å². The van der Waals surface area contributed by atoms with Gasteiger partial charge in [0.15, 0.2) is 10.8 Å². The normalized spacial score (nSPS) is 17.6. The van der Waals surface area contributed by atoms with Crippen LogP contribution in [0, 0.1) is 0 Å². The van der Waals surface area contributed by atoms with E-state index in [1.807, 2.05) is 0 Å². The maximum Gasteiger partial charge on any atom is 0.350 e. The summed E-state index contributed by atoms with van der Waals surface area (Å²) in [5.41, 5.74) is 3.36. The second-order valence-corrected chi connectivity index (χ2v) is 8.46. The van der Waals surface area contributed by atoms with Gasteiger partial charge in [-0.2, -0.15) is 8.42 Å². The van der Waals surface area contributed by atoms with Crippen molar-refractivity contribution in [2.75, 3.05) is 18.2 Å². The van der Waals surface area contributed by atoms with E-state index in [2.05, 4.69) is 20.3 Å². The number of nitrogens with zero attached hydrogens (tertiary/aromatic N) is 3. The van der Waals surface area contributed by atoms with Gasteiger partial charge in [-0.3, -0.25) is 19.0 Å². The lowest BCUT2D eigenvalue weighted by atomic mass is 10.1. The number of anilines is 1. The number of β-lactam (4-membered cyclic amide) rings is 1. The Morgan fingerprint density at radius 3 is 2.66 bits per heavy atom. The Hall–Kier alpha value is -2.82. The fraction of sp³-hybridized carbons (Fsp3) is 0.462. The van der Waals surface area contributed by atoms with Crippen molar-refractivity contribution in [2.45, 2.75) is 25.5 Å². The molecular weight excluding hydrogens is 434 g/mol. The van der Waals surface area contributed by atoms with Crippen molar-refractivity contribution in [3.63, 3.8) is 0 Å². The highest BCUT2D eigenvalue weighted by atomic mass is 32.2. The van der Waals surface area contributed by atoms with Crippen LogP contribution in [0.1, 0.15) is 19.5 Å². The van der Waals surface area contributed by atoms with Gasteiger partial charge in [-0.15, -0.1) is 11.3 Å². The molecule has 1 aromatic heterocycles. The lowest BCUT2D eigenvalue weighted by molar-refractivity contribution is -0.206. The molecule has 1 aliphatic rings. The number of nitrogens with two attached hydrogens (primary N) is 1. The van der Waals surface area contributed by atoms with E-state index in [1.165, 1.54) is 19.2 Å². The molecule has 0 spiro atoms. The maximum absolute atomic E-state index is 12.5. The number of amides is 2. The van der Waals surface area contributed by atoms with Crippen LogP contribution in [0.2, 0.25) is 0 Å². The van der Waals surface area contributed by atoms with Gasteiger partial charge in [-0.25, -0.2) is 14.8 Å². The predicted octanol–water partition coefficient (Wildman–Crippen LogP) is -1.59. The number of oxime groups is 1. The smallest absolute Gasteiger partial charge is 0.350 e. The average Bonchev–Trinajstić information content (AvgIpc) is 3.02. The van der Waals surface area contributed by atoms with Gasteiger partial charge in [0.05, 0.1) is 6.54 Å². The number of hydroxylamine groups is 2. The van der Waals surface area contributed by atoms with E-state index in [0.29, 0.717) is 5.06 Å². The van der Waals surface area contributed by atoms with Crippen LogP contribution in [-0.2, 0) is 34.2 Å². The first kappa shape index (κ1) is 22.5. The molecule has 2 heterocycles. The molecule has 0 aliphatic carbocycles. The molecule has 1 fully saturated rings. The first-order valence-corrected chi connectivity index (χ1v) is 10.2. The molecule has 0 aromatic carbocycles. The van der Waals surface area contributed by atoms with Crippen LogP contribution in [0.25, 0.3) is 0 Å². The minimum atomic E-state index is -4.44. The van der Waals surface area contributed by atoms with Gasteiger partial charge in [-0.1, -0.05) is 5.16 Å². The minimum absolute atomic E-state index is 0.00237. The summed E-state index contributed by atoms with van der Waals surface area (Å²) in [5.74, 6) is -4.14. The quantitative estimate of drug-likeness (QED) is 0.145. The molecule has 0 bridgehead atoms. The van der Waals surface area contributed by atoms with E-state index >= 15 is 0 Å². The molecule has 1 aliphatic heterocycles. The Morgan fingerprint density at radius 2 is 2.17 bits per heavy atom. The van der Waals surface area contributed by atoms with E-state index in [9.17, 15) is 22.8 Å². The van der Waals surface area contributed by atoms with Gasteiger partial charge < -0.3 is 21.0 Å². The monoisotopic (exact) mass is 451 g/mol. The van der Waals surface area contributed by atoms with Crippen molar-refractivity contribution < 1.29 is 42.1 Å². The molecule has 0 radical (unpaired) electrons. The van der Waals surface area contributed by atoms with Crippen molar-refractivity contribution in [3.8, 4) is 0 Å². The van der Waals surface area contributed by atoms with Crippen LogP contribution in [0.5, 0.6) is 0 Å². The lowest BCUT2D eigenvalue weighted by Gasteiger charge is -2.36. The molecule has 29 heavy (non-hydrogen) atoms. The van der Waals surface area contributed by atoms with Crippen molar-refractivity contribution in [2.24, 2.45) is 5.16 Å². The van der Waals surface area contributed by atoms with Crippen molar-refractivity contribution in [1.82, 2.24) is 15.4 Å². The molecule has 0 unspecified atom stereocenters. The second kappa shape index (κ2) is 8.27. The molecule has 1 atom stereocenters. The predicted molar refractivity (Wildman–Crippen MR) is 97.0 cm³/mol. The number of hydrogen-bond acceptors (Lipinski definition) is 11. The Kier molecular flexibility index (Phi) is 6.41. The summed E-state index contributed by atoms with van der Waals surface area (Å²) in [7, 11) is -4.44. The third-order valence-corrected chi connectivity index (χ3v) is 4.49. The van der Waals surface area contributed by atoms with Gasteiger partial charge in [0.25, 0.3) is 21.9 Å². The summed E-state index contributed by atoms with van der Waals surface area (Å²) >= 11 is 0.996. The first-order chi connectivity index (χ1) is 13.3. The highest BCUT2D eigenvalue weighted by Gasteiger charge is 2.41. The number of carboxylic acid groups (broad SMARTS) is 1. The Morgan fingerprint density at radius 1 is 1.52 bits per heavy atom. The zero-order chi connectivity index (χ0) is 22.0. The molecule has 16 heteroatoms. The van der Waals surface area contributed by atoms with Crippen molar-refractivity contribution in [1.29, 1.82) is 0 Å². The largest absolute Gasteiger partial charge is 0.478 e. The van der Waals surface area contributed by atoms with Crippen LogP contribution in [0.3, 0.4) is 0 Å². The van der Waals surface area contributed by atoms with E-state index in [1.54, 1.807) is 0 Å². The SMILES string of the molecule is CC(C)(ON=C(C(=O)N[C@H]1CN(OCS(=O)(=O)O)C1=O)c1csc(N)n1)C(=O)O. The third kappa shape index (κ3) is 5.83. The van der Waals surface area contributed by atoms with E-state index in [4.69, 9.17) is 20.2 Å². The molecule has 14 nitrogen and oxygen atoms in total. The number of rotatable bonds is 9. The number of aliphatic carboxylic acids is 1. The van der Waals surface area contributed by atoms with Gasteiger partial charge in [0.2, 0.25) is 11.5 Å². The van der Waals surface area contributed by atoms with E-state index < -0.39 is 51.2 Å². The minimum Gasteiger partial charge on any atom is -0.478 e. The summed E-state index contributed by atoms with van der Waals surface area (Å²) in [4.78, 5) is 49.0. The molecule has 0 saturated carbocycles. The zero-order valence-electron chi connectivity index (χ0n) is 15.1. The highest BCUT2D eigenvalue weighted by molar-refractivity contribution is 7.85. The van der Waals surface area contributed by atoms with Gasteiger partial charge in [0, 0.05) is 5.38 Å². The number of nitrogen functional groups attached to an aromatic ring is 1. The third-order valence-electron chi connectivity index (χ3n) is 3.41. The maximum atomic E-state index is 12.5. The summed E-state index contributed by atoms with van der Waals surface area (Å²) in [6, 6.07) is -1.07. The molecule has 160 valence electrons. The number of aromatic nitrogens is 1. The summed E-state index contributed by atoms with van der Waals surface area (Å²) in [6.07, 6.45) is 0. The van der Waals surface area contributed by atoms with Crippen LogP contribution >= 0.6 is 11.3 Å². The van der Waals surface area contributed by atoms with Crippen LogP contribution in [0.4, 0.5) is 5.13 Å². The molecule has 1 aromatic rings. The number of carbonyl (C=O) groups excluding carboxylic acids is 2. The van der Waals surface area contributed by atoms with Crippen molar-refractivity contribution >= 4 is 50.1 Å². The molecule has 1 saturated heterocycles. The van der Waals surface area contributed by atoms with Crippen molar-refractivity contribution in [3.05, 3.63) is 11.1 Å². The van der Waals surface area contributed by atoms with Gasteiger partial charge >= 0.3 is 5.97 Å². The van der Waals surface area contributed by atoms with E-state index in [-0.39, 0.29) is 17.4 Å². The topological polar surface area (TPSA) is 211 Å². The second-order valence-electron chi connectivity index (χ2n) is 6.17. The number of carboxylic acids is 1. The fourth-order valence-corrected chi connectivity index (χ4v) is 2.58. The molecular formula is C13H17N5O9S2. The van der Waals surface area contributed by atoms with Gasteiger partial charge in [-0.05, 0) is 13.8 Å². The highest BCUT2D eigenvalue weighted by Crippen LogP contribution is 2.16. The Balaban J connectivity index is 2.09. The Bertz CT molecular complexity index is 956. The summed E-state index contributed by atoms with van der Waals surface area (Å²) in [6.45, 7) is 2.22. The van der Waals surface area contributed by atoms with Crippen LogP contribution in [-0.4, -0.2) is 75.7 Å². The Labute approximate surface area is 168 Å². The summed E-state index contributed by atoms with van der Waals surface area (Å²) < 4.78 is 29.9. The standard InChI is InChI=1S/C13H17N5O9S2/c1-13(2,11(21)22)27-17-8(7-4-28-12(14)16-7)9(19)15-6-3-18(10(6)20)26-5-29(23,24)25/h4,6H,3,5H2,1-2H3,(H2,14,16)(H,15,19)(H,21,22)(H,23,24,25)/t6-/m0/s1. The first-order valence-electron chi connectivity index (χ1n) is 7.71. The molecule has 5 N–H and O–H groups in total. The average molecular weight is 451 g/mol. The van der Waals surface area contributed by atoms with Gasteiger partial charge in [0.1, 0.15) is 11.7 Å². The zero-order valence-corrected chi connectivity index (χ0v) is 16.7. The number of hydrogen-bond donors (Lipinski definition) is 4. The number of carbonyl (C=O) groups is 3. The summed E-state index contributed by atoms with van der Waals surface area (Å²) in [5, 5.41) is 17.1. The number of nitrogens with one attached hydrogen (secondary N) is 1. The van der Waals surface area contributed by atoms with Crippen LogP contribution in [0.15, 0.2) is 10.5 Å². The van der Waals surface area contributed by atoms with Crippen LogP contribution < -0.4 is 11.1 Å². The lowest BCUT2D eigenvalue weighted by Crippen LogP contribution is -2.64. The number of thiazole rings is 1. The molecule has 2 amide bonds. The molecule has 2 rings (SSSR count).